The summed E-state index contributed by atoms with van der Waals surface area (Å²) < 4.78 is 5.10. The number of carbonyl (C=O) groups excluding carboxylic acids is 2. The fourth-order valence-corrected chi connectivity index (χ4v) is 3.29. The number of rotatable bonds is 7. The highest BCUT2D eigenvalue weighted by Crippen LogP contribution is 2.27. The van der Waals surface area contributed by atoms with Crippen molar-refractivity contribution in [2.45, 2.75) is 19.4 Å². The third-order valence-electron chi connectivity index (χ3n) is 2.71. The van der Waals surface area contributed by atoms with Gasteiger partial charge in [0, 0.05) is 11.9 Å². The Labute approximate surface area is 136 Å². The van der Waals surface area contributed by atoms with Crippen molar-refractivity contribution in [1.29, 1.82) is 0 Å². The second-order valence-electron chi connectivity index (χ2n) is 4.46. The smallest absolute Gasteiger partial charge is 0.312 e. The fraction of sp³-hybridized carbons (Fsp3) is 0.267. The second kappa shape index (κ2) is 7.86. The lowest BCUT2D eigenvalue weighted by molar-refractivity contribution is -0.154. The third-order valence-corrected chi connectivity index (χ3v) is 4.64. The number of ether oxygens (including phenoxy) is 1. The van der Waals surface area contributed by atoms with Crippen molar-refractivity contribution in [1.82, 2.24) is 10.3 Å². The summed E-state index contributed by atoms with van der Waals surface area (Å²) in [5.74, 6) is -0.810. The molecule has 5 nitrogen and oxygen atoms in total. The van der Waals surface area contributed by atoms with E-state index >= 15 is 0 Å². The number of thiophene rings is 1. The third kappa shape index (κ3) is 4.51. The van der Waals surface area contributed by atoms with Gasteiger partial charge in [-0.15, -0.1) is 29.3 Å². The van der Waals surface area contributed by atoms with Crippen molar-refractivity contribution >= 4 is 34.6 Å². The van der Waals surface area contributed by atoms with Crippen LogP contribution in [0.2, 0.25) is 0 Å². The van der Waals surface area contributed by atoms with Crippen LogP contribution in [0.25, 0.3) is 9.88 Å². The molecule has 0 bridgehead atoms. The van der Waals surface area contributed by atoms with Gasteiger partial charge in [0.25, 0.3) is 5.91 Å². The SMILES string of the molecule is C=CCNC(=O)[C@@H](C)OC(=O)Cc1csc(-c2cccs2)n1. The highest BCUT2D eigenvalue weighted by Gasteiger charge is 2.18. The molecule has 0 unspecified atom stereocenters. The number of thiazole rings is 1. The van der Waals surface area contributed by atoms with Gasteiger partial charge in [-0.25, -0.2) is 4.98 Å². The highest BCUT2D eigenvalue weighted by atomic mass is 32.1. The van der Waals surface area contributed by atoms with Crippen LogP contribution in [0.3, 0.4) is 0 Å². The summed E-state index contributed by atoms with van der Waals surface area (Å²) in [6.45, 7) is 5.38. The quantitative estimate of drug-likeness (QED) is 0.623. The number of hydrogen-bond acceptors (Lipinski definition) is 6. The van der Waals surface area contributed by atoms with E-state index in [1.54, 1.807) is 17.4 Å². The topological polar surface area (TPSA) is 68.3 Å². The van der Waals surface area contributed by atoms with Crippen LogP contribution >= 0.6 is 22.7 Å². The van der Waals surface area contributed by atoms with Crippen LogP contribution in [0.4, 0.5) is 0 Å². The number of aromatic nitrogens is 1. The number of esters is 1. The monoisotopic (exact) mass is 336 g/mol. The lowest BCUT2D eigenvalue weighted by Gasteiger charge is -2.12. The average Bonchev–Trinajstić information content (AvgIpc) is 3.15. The van der Waals surface area contributed by atoms with Crippen LogP contribution in [0.5, 0.6) is 0 Å². The lowest BCUT2D eigenvalue weighted by atomic mass is 10.3. The first kappa shape index (κ1) is 16.4. The Kier molecular flexibility index (Phi) is 5.85. The standard InChI is InChI=1S/C15H16N2O3S2/c1-3-6-16-14(19)10(2)20-13(18)8-11-9-22-15(17-11)12-5-4-7-21-12/h3-5,7,9-10H,1,6,8H2,2H3,(H,16,19)/t10-/m1/s1. The van der Waals surface area contributed by atoms with Gasteiger partial charge in [0.05, 0.1) is 17.0 Å². The van der Waals surface area contributed by atoms with E-state index in [4.69, 9.17) is 4.74 Å². The minimum absolute atomic E-state index is 0.0565. The Morgan fingerprint density at radius 2 is 2.32 bits per heavy atom. The van der Waals surface area contributed by atoms with Crippen LogP contribution in [0.1, 0.15) is 12.6 Å². The normalized spacial score (nSPS) is 11.7. The Morgan fingerprint density at radius 3 is 3.00 bits per heavy atom. The Bertz CT molecular complexity index is 650. The molecule has 0 fully saturated rings. The van der Waals surface area contributed by atoms with E-state index in [-0.39, 0.29) is 12.3 Å². The van der Waals surface area contributed by atoms with Crippen molar-refractivity contribution in [3.63, 3.8) is 0 Å². The predicted molar refractivity (Wildman–Crippen MR) is 87.9 cm³/mol. The highest BCUT2D eigenvalue weighted by molar-refractivity contribution is 7.20. The van der Waals surface area contributed by atoms with Gasteiger partial charge < -0.3 is 10.1 Å². The van der Waals surface area contributed by atoms with Crippen LogP contribution in [0.15, 0.2) is 35.5 Å². The molecular formula is C15H16N2O3S2. The molecule has 0 saturated heterocycles. The van der Waals surface area contributed by atoms with Gasteiger partial charge in [0.2, 0.25) is 0 Å². The minimum Gasteiger partial charge on any atom is -0.452 e. The molecule has 1 amide bonds. The number of nitrogens with one attached hydrogen (secondary N) is 1. The van der Waals surface area contributed by atoms with Crippen LogP contribution in [-0.4, -0.2) is 29.5 Å². The molecule has 0 saturated carbocycles. The zero-order valence-electron chi connectivity index (χ0n) is 12.1. The largest absolute Gasteiger partial charge is 0.452 e. The zero-order chi connectivity index (χ0) is 15.9. The zero-order valence-corrected chi connectivity index (χ0v) is 13.7. The van der Waals surface area contributed by atoms with E-state index in [0.717, 1.165) is 9.88 Å². The summed E-state index contributed by atoms with van der Waals surface area (Å²) in [6, 6.07) is 3.94. The van der Waals surface area contributed by atoms with Crippen LogP contribution in [-0.2, 0) is 20.7 Å². The molecular weight excluding hydrogens is 320 g/mol. The Hall–Kier alpha value is -1.99. The van der Waals surface area contributed by atoms with E-state index < -0.39 is 12.1 Å². The summed E-state index contributed by atoms with van der Waals surface area (Å²) in [5.41, 5.74) is 0.650. The van der Waals surface area contributed by atoms with Gasteiger partial charge >= 0.3 is 5.97 Å². The second-order valence-corrected chi connectivity index (χ2v) is 6.27. The summed E-state index contributed by atoms with van der Waals surface area (Å²) >= 11 is 3.09. The number of hydrogen-bond donors (Lipinski definition) is 1. The van der Waals surface area contributed by atoms with Crippen molar-refractivity contribution in [2.24, 2.45) is 0 Å². The van der Waals surface area contributed by atoms with Crippen LogP contribution < -0.4 is 5.32 Å². The summed E-state index contributed by atoms with van der Waals surface area (Å²) in [4.78, 5) is 28.9. The summed E-state index contributed by atoms with van der Waals surface area (Å²) in [7, 11) is 0. The molecule has 1 atom stereocenters. The molecule has 0 aromatic carbocycles. The van der Waals surface area contributed by atoms with E-state index in [9.17, 15) is 9.59 Å². The molecule has 0 radical (unpaired) electrons. The maximum atomic E-state index is 11.8. The number of carbonyl (C=O) groups is 2. The van der Waals surface area contributed by atoms with Gasteiger partial charge in [0.1, 0.15) is 5.01 Å². The van der Waals surface area contributed by atoms with E-state index in [0.29, 0.717) is 12.2 Å². The molecule has 0 aliphatic carbocycles. The molecule has 0 spiro atoms. The van der Waals surface area contributed by atoms with Crippen molar-refractivity contribution < 1.29 is 14.3 Å². The maximum Gasteiger partial charge on any atom is 0.312 e. The molecule has 116 valence electrons. The fourth-order valence-electron chi connectivity index (χ4n) is 1.66. The van der Waals surface area contributed by atoms with Gasteiger partial charge in [0.15, 0.2) is 6.10 Å². The first-order valence-electron chi connectivity index (χ1n) is 6.66. The van der Waals surface area contributed by atoms with E-state index in [1.165, 1.54) is 18.3 Å². The van der Waals surface area contributed by atoms with Gasteiger partial charge in [-0.2, -0.15) is 0 Å². The first-order chi connectivity index (χ1) is 10.6. The molecule has 0 aliphatic rings. The van der Waals surface area contributed by atoms with Gasteiger partial charge in [-0.1, -0.05) is 12.1 Å². The molecule has 7 heteroatoms. The Balaban J connectivity index is 1.87. The van der Waals surface area contributed by atoms with Crippen molar-refractivity contribution in [3.8, 4) is 9.88 Å². The molecule has 1 N–H and O–H groups in total. The summed E-state index contributed by atoms with van der Waals surface area (Å²) in [5, 5.41) is 7.27. The van der Waals surface area contributed by atoms with Crippen molar-refractivity contribution in [2.75, 3.05) is 6.54 Å². The number of nitrogens with zero attached hydrogens (tertiary/aromatic N) is 1. The molecule has 2 heterocycles. The molecule has 22 heavy (non-hydrogen) atoms. The molecule has 2 aromatic heterocycles. The first-order valence-corrected chi connectivity index (χ1v) is 8.42. The van der Waals surface area contributed by atoms with Crippen LogP contribution in [0, 0.1) is 0 Å². The average molecular weight is 336 g/mol. The predicted octanol–water partition coefficient (Wildman–Crippen LogP) is 2.65. The maximum absolute atomic E-state index is 11.8. The summed E-state index contributed by atoms with van der Waals surface area (Å²) in [6.07, 6.45) is 0.789. The lowest BCUT2D eigenvalue weighted by Crippen LogP contribution is -2.36. The van der Waals surface area contributed by atoms with Gasteiger partial charge in [-0.05, 0) is 18.4 Å². The Morgan fingerprint density at radius 1 is 1.50 bits per heavy atom. The number of amides is 1. The molecule has 0 aliphatic heterocycles. The van der Waals surface area contributed by atoms with E-state index in [1.807, 2.05) is 22.9 Å². The van der Waals surface area contributed by atoms with E-state index in [2.05, 4.69) is 16.9 Å². The molecule has 2 rings (SSSR count). The minimum atomic E-state index is -0.831. The molecule has 2 aromatic rings. The van der Waals surface area contributed by atoms with Crippen molar-refractivity contribution in [3.05, 3.63) is 41.2 Å². The van der Waals surface area contributed by atoms with Gasteiger partial charge in [-0.3, -0.25) is 9.59 Å².